The highest BCUT2D eigenvalue weighted by Crippen LogP contribution is 2.34. The molecule has 1 fully saturated rings. The Morgan fingerprint density at radius 1 is 1.15 bits per heavy atom. The molecule has 2 aliphatic rings. The maximum atomic E-state index is 12.7. The van der Waals surface area contributed by atoms with Crippen molar-refractivity contribution < 1.29 is 4.79 Å². The van der Waals surface area contributed by atoms with E-state index in [1.807, 2.05) is 22.9 Å². The summed E-state index contributed by atoms with van der Waals surface area (Å²) in [5.74, 6) is 0. The molecule has 0 radical (unpaired) electrons. The summed E-state index contributed by atoms with van der Waals surface area (Å²) in [6.45, 7) is 2.62. The maximum Gasteiger partial charge on any atom is 0.324 e. The molecule has 1 aromatic carbocycles. The summed E-state index contributed by atoms with van der Waals surface area (Å²) in [5, 5.41) is 3.35. The van der Waals surface area contributed by atoms with Crippen LogP contribution in [0.5, 0.6) is 0 Å². The zero-order valence-corrected chi connectivity index (χ0v) is 12.1. The first kappa shape index (κ1) is 13.4. The van der Waals surface area contributed by atoms with Gasteiger partial charge in [-0.2, -0.15) is 0 Å². The number of rotatable bonds is 1. The van der Waals surface area contributed by atoms with Gasteiger partial charge >= 0.3 is 6.03 Å². The molecule has 2 aliphatic heterocycles. The first-order chi connectivity index (χ1) is 9.81. The molecule has 0 spiro atoms. The SMILES string of the molecule is CNC1CCN(C(=O)N2CCCCC2)c2ccccc21. The molecule has 20 heavy (non-hydrogen) atoms. The van der Waals surface area contributed by atoms with Crippen molar-refractivity contribution in [2.45, 2.75) is 31.7 Å². The summed E-state index contributed by atoms with van der Waals surface area (Å²) in [4.78, 5) is 16.7. The normalized spacial score (nSPS) is 22.6. The van der Waals surface area contributed by atoms with Gasteiger partial charge in [0, 0.05) is 25.7 Å². The summed E-state index contributed by atoms with van der Waals surface area (Å²) < 4.78 is 0. The zero-order chi connectivity index (χ0) is 13.9. The fourth-order valence-electron chi connectivity index (χ4n) is 3.32. The summed E-state index contributed by atoms with van der Waals surface area (Å²) >= 11 is 0. The van der Waals surface area contributed by atoms with Gasteiger partial charge in [-0.15, -0.1) is 0 Å². The summed E-state index contributed by atoms with van der Waals surface area (Å²) in [7, 11) is 1.99. The lowest BCUT2D eigenvalue weighted by Gasteiger charge is -2.38. The maximum absolute atomic E-state index is 12.7. The Morgan fingerprint density at radius 3 is 2.65 bits per heavy atom. The van der Waals surface area contributed by atoms with Crippen molar-refractivity contribution in [2.75, 3.05) is 31.6 Å². The van der Waals surface area contributed by atoms with Gasteiger partial charge in [-0.3, -0.25) is 4.90 Å². The van der Waals surface area contributed by atoms with E-state index < -0.39 is 0 Å². The third-order valence-electron chi connectivity index (χ3n) is 4.45. The van der Waals surface area contributed by atoms with Crippen LogP contribution in [0.25, 0.3) is 0 Å². The third-order valence-corrected chi connectivity index (χ3v) is 4.45. The van der Waals surface area contributed by atoms with Crippen molar-refractivity contribution in [3.63, 3.8) is 0 Å². The first-order valence-electron chi connectivity index (χ1n) is 7.64. The van der Waals surface area contributed by atoms with Gasteiger partial charge in [0.15, 0.2) is 0 Å². The highest BCUT2D eigenvalue weighted by Gasteiger charge is 2.30. The van der Waals surface area contributed by atoms with Crippen molar-refractivity contribution in [3.05, 3.63) is 29.8 Å². The van der Waals surface area contributed by atoms with E-state index in [0.717, 1.165) is 44.6 Å². The van der Waals surface area contributed by atoms with E-state index in [2.05, 4.69) is 23.5 Å². The molecule has 3 rings (SSSR count). The lowest BCUT2D eigenvalue weighted by atomic mass is 9.96. The van der Waals surface area contributed by atoms with Crippen LogP contribution in [0.15, 0.2) is 24.3 Å². The quantitative estimate of drug-likeness (QED) is 0.854. The van der Waals surface area contributed by atoms with Crippen molar-refractivity contribution >= 4 is 11.7 Å². The molecule has 2 heterocycles. The van der Waals surface area contributed by atoms with Crippen molar-refractivity contribution in [3.8, 4) is 0 Å². The van der Waals surface area contributed by atoms with Crippen LogP contribution < -0.4 is 10.2 Å². The molecule has 0 saturated carbocycles. The molecule has 0 aromatic heterocycles. The Kier molecular flexibility index (Phi) is 3.92. The van der Waals surface area contributed by atoms with Crippen LogP contribution >= 0.6 is 0 Å². The predicted octanol–water partition coefficient (Wildman–Crippen LogP) is 2.76. The Hall–Kier alpha value is -1.55. The summed E-state index contributed by atoms with van der Waals surface area (Å²) in [6.07, 6.45) is 4.51. The lowest BCUT2D eigenvalue weighted by Crippen LogP contribution is -2.48. The van der Waals surface area contributed by atoms with Gasteiger partial charge in [-0.05, 0) is 44.4 Å². The molecule has 1 saturated heterocycles. The Bertz CT molecular complexity index is 482. The number of anilines is 1. The van der Waals surface area contributed by atoms with E-state index in [-0.39, 0.29) is 6.03 Å². The van der Waals surface area contributed by atoms with E-state index in [9.17, 15) is 4.79 Å². The monoisotopic (exact) mass is 273 g/mol. The number of urea groups is 1. The van der Waals surface area contributed by atoms with Gasteiger partial charge in [0.25, 0.3) is 0 Å². The molecule has 1 atom stereocenters. The average Bonchev–Trinajstić information content (AvgIpc) is 2.54. The second-order valence-corrected chi connectivity index (χ2v) is 5.67. The number of piperidine rings is 1. The molecule has 0 bridgehead atoms. The minimum Gasteiger partial charge on any atom is -0.324 e. The predicted molar refractivity (Wildman–Crippen MR) is 81.0 cm³/mol. The van der Waals surface area contributed by atoms with Crippen LogP contribution in [0, 0.1) is 0 Å². The second kappa shape index (κ2) is 5.83. The van der Waals surface area contributed by atoms with E-state index >= 15 is 0 Å². The Morgan fingerprint density at radius 2 is 1.90 bits per heavy atom. The number of para-hydroxylation sites is 1. The fraction of sp³-hybridized carbons (Fsp3) is 0.562. The average molecular weight is 273 g/mol. The summed E-state index contributed by atoms with van der Waals surface area (Å²) in [5.41, 5.74) is 2.32. The van der Waals surface area contributed by atoms with Gasteiger partial charge in [0.2, 0.25) is 0 Å². The van der Waals surface area contributed by atoms with Crippen LogP contribution in [-0.2, 0) is 0 Å². The molecule has 0 aliphatic carbocycles. The van der Waals surface area contributed by atoms with Gasteiger partial charge in [0.05, 0.1) is 5.69 Å². The topological polar surface area (TPSA) is 35.6 Å². The molecule has 2 amide bonds. The number of fused-ring (bicyclic) bond motifs is 1. The molecule has 4 nitrogen and oxygen atoms in total. The van der Waals surface area contributed by atoms with Gasteiger partial charge < -0.3 is 10.2 Å². The number of carbonyl (C=O) groups is 1. The zero-order valence-electron chi connectivity index (χ0n) is 12.1. The number of nitrogens with one attached hydrogen (secondary N) is 1. The minimum absolute atomic E-state index is 0.187. The van der Waals surface area contributed by atoms with Crippen LogP contribution in [0.4, 0.5) is 10.5 Å². The largest absolute Gasteiger partial charge is 0.324 e. The molecular formula is C16H23N3O. The molecule has 108 valence electrons. The fourth-order valence-corrected chi connectivity index (χ4v) is 3.32. The molecule has 1 unspecified atom stereocenters. The van der Waals surface area contributed by atoms with Crippen LogP contribution in [0.1, 0.15) is 37.3 Å². The van der Waals surface area contributed by atoms with E-state index in [4.69, 9.17) is 0 Å². The van der Waals surface area contributed by atoms with Crippen LogP contribution in [0.2, 0.25) is 0 Å². The van der Waals surface area contributed by atoms with Gasteiger partial charge in [-0.25, -0.2) is 4.79 Å². The highest BCUT2D eigenvalue weighted by molar-refractivity contribution is 5.93. The van der Waals surface area contributed by atoms with Crippen LogP contribution in [-0.4, -0.2) is 37.6 Å². The molecular weight excluding hydrogens is 250 g/mol. The minimum atomic E-state index is 0.187. The smallest absolute Gasteiger partial charge is 0.324 e. The van der Waals surface area contributed by atoms with Crippen molar-refractivity contribution in [1.82, 2.24) is 10.2 Å². The number of amides is 2. The van der Waals surface area contributed by atoms with Gasteiger partial charge in [0.1, 0.15) is 0 Å². The number of nitrogens with zero attached hydrogens (tertiary/aromatic N) is 2. The number of hydrogen-bond acceptors (Lipinski definition) is 2. The third kappa shape index (κ3) is 2.40. The molecule has 4 heteroatoms. The highest BCUT2D eigenvalue weighted by atomic mass is 16.2. The Labute approximate surface area is 120 Å². The van der Waals surface area contributed by atoms with Crippen molar-refractivity contribution in [1.29, 1.82) is 0 Å². The number of likely N-dealkylation sites (tertiary alicyclic amines) is 1. The van der Waals surface area contributed by atoms with E-state index in [1.54, 1.807) is 0 Å². The summed E-state index contributed by atoms with van der Waals surface area (Å²) in [6, 6.07) is 8.82. The van der Waals surface area contributed by atoms with Crippen LogP contribution in [0.3, 0.4) is 0 Å². The van der Waals surface area contributed by atoms with Gasteiger partial charge in [-0.1, -0.05) is 18.2 Å². The Balaban J connectivity index is 1.85. The first-order valence-corrected chi connectivity index (χ1v) is 7.64. The number of benzene rings is 1. The van der Waals surface area contributed by atoms with E-state index in [1.165, 1.54) is 12.0 Å². The molecule has 1 N–H and O–H groups in total. The number of hydrogen-bond donors (Lipinski definition) is 1. The van der Waals surface area contributed by atoms with E-state index in [0.29, 0.717) is 6.04 Å². The van der Waals surface area contributed by atoms with Crippen molar-refractivity contribution in [2.24, 2.45) is 0 Å². The standard InChI is InChI=1S/C16H23N3O/c1-17-14-9-12-19(15-8-4-3-7-13(14)15)16(20)18-10-5-2-6-11-18/h3-4,7-8,14,17H,2,5-6,9-12H2,1H3. The number of carbonyl (C=O) groups excluding carboxylic acids is 1. The molecule has 1 aromatic rings. The lowest BCUT2D eigenvalue weighted by molar-refractivity contribution is 0.192. The second-order valence-electron chi connectivity index (χ2n) is 5.67.